The van der Waals surface area contributed by atoms with Crippen molar-refractivity contribution in [3.8, 4) is 22.8 Å². The summed E-state index contributed by atoms with van der Waals surface area (Å²) in [4.78, 5) is 4.65. The average molecular weight is 369 g/mol. The maximum absolute atomic E-state index is 6.04. The Balaban J connectivity index is 1.65. The molecule has 2 aromatic carbocycles. The molecular weight excluding hydrogens is 355 g/mol. The first kappa shape index (κ1) is 16.0. The summed E-state index contributed by atoms with van der Waals surface area (Å²) in [6, 6.07) is 17.2. The molecule has 0 saturated heterocycles. The van der Waals surface area contributed by atoms with Gasteiger partial charge >= 0.3 is 0 Å². The number of fused-ring (bicyclic) bond motifs is 1. The first-order chi connectivity index (χ1) is 12.1. The molecule has 0 unspecified atom stereocenters. The molecule has 0 spiro atoms. The topological polar surface area (TPSA) is 26.5 Å². The molecule has 0 aliphatic carbocycles. The minimum Gasteiger partial charge on any atom is -0.457 e. The molecule has 0 aliphatic heterocycles. The fourth-order valence-corrected chi connectivity index (χ4v) is 2.95. The van der Waals surface area contributed by atoms with E-state index >= 15 is 0 Å². The van der Waals surface area contributed by atoms with Crippen LogP contribution in [0.5, 0.6) is 11.5 Å². The van der Waals surface area contributed by atoms with E-state index in [1.54, 1.807) is 18.2 Å². The summed E-state index contributed by atoms with van der Waals surface area (Å²) in [6.45, 7) is 2.01. The van der Waals surface area contributed by atoms with E-state index in [1.165, 1.54) is 0 Å². The molecule has 4 rings (SSSR count). The molecule has 0 fully saturated rings. The van der Waals surface area contributed by atoms with Crippen molar-refractivity contribution in [3.05, 3.63) is 82.6 Å². The van der Waals surface area contributed by atoms with E-state index in [4.69, 9.17) is 27.9 Å². The molecular formula is C20H14Cl2N2O. The molecule has 0 aliphatic rings. The largest absolute Gasteiger partial charge is 0.457 e. The average Bonchev–Trinajstić information content (AvgIpc) is 3.04. The van der Waals surface area contributed by atoms with Crippen molar-refractivity contribution in [3.63, 3.8) is 0 Å². The number of aryl methyl sites for hydroxylation is 1. The van der Waals surface area contributed by atoms with Crippen LogP contribution >= 0.6 is 23.2 Å². The van der Waals surface area contributed by atoms with Crippen LogP contribution < -0.4 is 4.74 Å². The molecule has 0 bridgehead atoms. The third-order valence-electron chi connectivity index (χ3n) is 3.95. The van der Waals surface area contributed by atoms with Gasteiger partial charge in [-0.1, -0.05) is 29.3 Å². The van der Waals surface area contributed by atoms with Gasteiger partial charge in [-0.25, -0.2) is 4.98 Å². The van der Waals surface area contributed by atoms with E-state index in [1.807, 2.05) is 54.0 Å². The lowest BCUT2D eigenvalue weighted by Crippen LogP contribution is -1.89. The minimum atomic E-state index is 0.471. The number of rotatable bonds is 3. The van der Waals surface area contributed by atoms with E-state index in [0.717, 1.165) is 28.2 Å². The Bertz CT molecular complexity index is 1040. The molecule has 3 nitrogen and oxygen atoms in total. The Kier molecular flexibility index (Phi) is 4.12. The zero-order valence-electron chi connectivity index (χ0n) is 13.4. The summed E-state index contributed by atoms with van der Waals surface area (Å²) in [5.74, 6) is 1.42. The summed E-state index contributed by atoms with van der Waals surface area (Å²) < 4.78 is 7.93. The van der Waals surface area contributed by atoms with Crippen molar-refractivity contribution >= 4 is 28.8 Å². The lowest BCUT2D eigenvalue weighted by atomic mass is 10.1. The number of halogens is 2. The second-order valence-electron chi connectivity index (χ2n) is 5.75. The summed E-state index contributed by atoms with van der Waals surface area (Å²) in [5, 5.41) is 0.978. The molecule has 2 aromatic heterocycles. The number of hydrogen-bond acceptors (Lipinski definition) is 2. The number of pyridine rings is 1. The highest BCUT2D eigenvalue weighted by atomic mass is 35.5. The fourth-order valence-electron chi connectivity index (χ4n) is 2.66. The van der Waals surface area contributed by atoms with Crippen LogP contribution in [0.15, 0.2) is 67.0 Å². The van der Waals surface area contributed by atoms with Gasteiger partial charge in [0.25, 0.3) is 0 Å². The van der Waals surface area contributed by atoms with Gasteiger partial charge in [0.2, 0.25) is 0 Å². The number of aromatic nitrogens is 2. The summed E-state index contributed by atoms with van der Waals surface area (Å²) in [6.07, 6.45) is 4.00. The van der Waals surface area contributed by atoms with Crippen molar-refractivity contribution in [1.29, 1.82) is 0 Å². The lowest BCUT2D eigenvalue weighted by molar-refractivity contribution is 0.479. The van der Waals surface area contributed by atoms with Gasteiger partial charge in [-0.15, -0.1) is 0 Å². The molecule has 25 heavy (non-hydrogen) atoms. The zero-order valence-corrected chi connectivity index (χ0v) is 14.9. The third-order valence-corrected chi connectivity index (χ3v) is 4.69. The second kappa shape index (κ2) is 6.43. The third kappa shape index (κ3) is 3.21. The lowest BCUT2D eigenvalue weighted by Gasteiger charge is -2.10. The second-order valence-corrected chi connectivity index (χ2v) is 6.56. The number of ether oxygens (including phenoxy) is 1. The Hall–Kier alpha value is -2.49. The molecule has 5 heteroatoms. The Morgan fingerprint density at radius 2 is 1.84 bits per heavy atom. The zero-order chi connectivity index (χ0) is 17.4. The van der Waals surface area contributed by atoms with E-state index in [-0.39, 0.29) is 0 Å². The summed E-state index contributed by atoms with van der Waals surface area (Å²) >= 11 is 12.0. The smallest absolute Gasteiger partial charge is 0.137 e. The molecule has 2 heterocycles. The molecule has 0 radical (unpaired) electrons. The number of hydrogen-bond donors (Lipinski definition) is 0. The van der Waals surface area contributed by atoms with E-state index in [9.17, 15) is 0 Å². The van der Waals surface area contributed by atoms with Crippen molar-refractivity contribution in [1.82, 2.24) is 9.38 Å². The van der Waals surface area contributed by atoms with Gasteiger partial charge in [0.05, 0.1) is 15.7 Å². The highest BCUT2D eigenvalue weighted by Crippen LogP contribution is 2.32. The number of benzene rings is 2. The van der Waals surface area contributed by atoms with Gasteiger partial charge in [0.15, 0.2) is 0 Å². The predicted octanol–water partition coefficient (Wildman–Crippen LogP) is 6.41. The van der Waals surface area contributed by atoms with Crippen LogP contribution in [0.3, 0.4) is 0 Å². The Morgan fingerprint density at radius 1 is 0.960 bits per heavy atom. The number of nitrogens with zero attached hydrogens (tertiary/aromatic N) is 2. The normalized spacial score (nSPS) is 11.0. The van der Waals surface area contributed by atoms with Gasteiger partial charge in [0.1, 0.15) is 17.1 Å². The molecule has 0 N–H and O–H groups in total. The van der Waals surface area contributed by atoms with Gasteiger partial charge in [0, 0.05) is 24.0 Å². The molecule has 0 saturated carbocycles. The van der Waals surface area contributed by atoms with Gasteiger partial charge < -0.3 is 9.14 Å². The van der Waals surface area contributed by atoms with E-state index in [0.29, 0.717) is 15.8 Å². The maximum atomic E-state index is 6.04. The number of imidazole rings is 1. The first-order valence-electron chi connectivity index (χ1n) is 7.78. The van der Waals surface area contributed by atoms with Crippen molar-refractivity contribution in [2.45, 2.75) is 6.92 Å². The van der Waals surface area contributed by atoms with Gasteiger partial charge in [-0.3, -0.25) is 0 Å². The van der Waals surface area contributed by atoms with Crippen LogP contribution in [0.4, 0.5) is 0 Å². The quantitative estimate of drug-likeness (QED) is 0.417. The van der Waals surface area contributed by atoms with Crippen LogP contribution in [0.1, 0.15) is 5.56 Å². The van der Waals surface area contributed by atoms with Gasteiger partial charge in [-0.2, -0.15) is 0 Å². The SMILES string of the molecule is Cc1cc(-c2cn3ccccc3n2)ccc1Oc1ccc(Cl)c(Cl)c1. The molecule has 0 amide bonds. The van der Waals surface area contributed by atoms with E-state index in [2.05, 4.69) is 11.1 Å². The highest BCUT2D eigenvalue weighted by molar-refractivity contribution is 6.42. The van der Waals surface area contributed by atoms with Crippen LogP contribution in [-0.4, -0.2) is 9.38 Å². The van der Waals surface area contributed by atoms with Crippen LogP contribution in [-0.2, 0) is 0 Å². The summed E-state index contributed by atoms with van der Waals surface area (Å²) in [5.41, 5.74) is 3.91. The van der Waals surface area contributed by atoms with Crippen LogP contribution in [0, 0.1) is 6.92 Å². The highest BCUT2D eigenvalue weighted by Gasteiger charge is 2.08. The maximum Gasteiger partial charge on any atom is 0.137 e. The van der Waals surface area contributed by atoms with Crippen molar-refractivity contribution < 1.29 is 4.74 Å². The van der Waals surface area contributed by atoms with Crippen LogP contribution in [0.2, 0.25) is 10.0 Å². The van der Waals surface area contributed by atoms with Crippen molar-refractivity contribution in [2.24, 2.45) is 0 Å². The van der Waals surface area contributed by atoms with Crippen molar-refractivity contribution in [2.75, 3.05) is 0 Å². The van der Waals surface area contributed by atoms with Gasteiger partial charge in [-0.05, 0) is 55.0 Å². The molecule has 0 atom stereocenters. The molecule has 4 aromatic rings. The summed E-state index contributed by atoms with van der Waals surface area (Å²) in [7, 11) is 0. The monoisotopic (exact) mass is 368 g/mol. The Labute approximate surface area is 155 Å². The standard InChI is InChI=1S/C20H14Cl2N2O/c1-13-10-14(18-12-24-9-3-2-4-20(24)23-18)5-8-19(13)25-15-6-7-16(21)17(22)11-15/h2-12H,1H3. The molecule has 124 valence electrons. The van der Waals surface area contributed by atoms with E-state index < -0.39 is 0 Å². The predicted molar refractivity (Wildman–Crippen MR) is 102 cm³/mol. The minimum absolute atomic E-state index is 0.471. The Morgan fingerprint density at radius 3 is 2.60 bits per heavy atom. The first-order valence-corrected chi connectivity index (χ1v) is 8.53. The fraction of sp³-hybridized carbons (Fsp3) is 0.0500. The van der Waals surface area contributed by atoms with Crippen LogP contribution in [0.25, 0.3) is 16.9 Å².